The largest absolute Gasteiger partial charge is 0.434 e. The molecule has 0 radical (unpaired) electrons. The number of thiazole rings is 2. The van der Waals surface area contributed by atoms with E-state index in [-0.39, 0.29) is 5.13 Å². The zero-order valence-corrected chi connectivity index (χ0v) is 13.9. The number of nitrogens with one attached hydrogen (secondary N) is 1. The van der Waals surface area contributed by atoms with Crippen LogP contribution < -0.4 is 5.32 Å². The molecule has 0 saturated carbocycles. The van der Waals surface area contributed by atoms with Gasteiger partial charge in [-0.25, -0.2) is 9.97 Å². The van der Waals surface area contributed by atoms with Crippen molar-refractivity contribution in [1.82, 2.24) is 9.97 Å². The molecule has 0 aliphatic rings. The Kier molecular flexibility index (Phi) is 4.21. The molecule has 0 unspecified atom stereocenters. The van der Waals surface area contributed by atoms with Gasteiger partial charge >= 0.3 is 6.18 Å². The maximum absolute atomic E-state index is 12.5. The number of carbonyl (C=O) groups excluding carboxylic acids is 1. The number of aryl methyl sites for hydroxylation is 1. The number of carbonyl (C=O) groups is 1. The highest BCUT2D eigenvalue weighted by Crippen LogP contribution is 2.33. The summed E-state index contributed by atoms with van der Waals surface area (Å²) in [6.07, 6.45) is -4.52. The third kappa shape index (κ3) is 3.43. The maximum atomic E-state index is 12.5. The van der Waals surface area contributed by atoms with Crippen molar-refractivity contribution in [2.75, 3.05) is 5.32 Å². The van der Waals surface area contributed by atoms with Crippen molar-refractivity contribution in [3.8, 4) is 10.6 Å². The van der Waals surface area contributed by atoms with Crippen LogP contribution in [0.3, 0.4) is 0 Å². The number of hydrogen-bond acceptors (Lipinski definition) is 6. The molecule has 0 spiro atoms. The summed E-state index contributed by atoms with van der Waals surface area (Å²) in [4.78, 5) is 20.3. The molecule has 120 valence electrons. The van der Waals surface area contributed by atoms with E-state index in [1.165, 1.54) is 22.7 Å². The summed E-state index contributed by atoms with van der Waals surface area (Å²) in [6.45, 7) is 1.68. The van der Waals surface area contributed by atoms with Gasteiger partial charge in [0.2, 0.25) is 0 Å². The number of alkyl halides is 3. The molecule has 4 nitrogen and oxygen atoms in total. The van der Waals surface area contributed by atoms with E-state index in [9.17, 15) is 18.0 Å². The van der Waals surface area contributed by atoms with Gasteiger partial charge in [-0.2, -0.15) is 24.5 Å². The van der Waals surface area contributed by atoms with Crippen LogP contribution in [0.4, 0.5) is 18.3 Å². The van der Waals surface area contributed by atoms with Crippen molar-refractivity contribution in [3.63, 3.8) is 0 Å². The summed E-state index contributed by atoms with van der Waals surface area (Å²) >= 11 is 3.44. The SMILES string of the molecule is Cc1nc(-c2ccsc2)sc1C(=O)Nc1nc(C(F)(F)F)cs1. The van der Waals surface area contributed by atoms with Crippen molar-refractivity contribution >= 4 is 45.0 Å². The molecule has 10 heteroatoms. The molecule has 23 heavy (non-hydrogen) atoms. The Morgan fingerprint density at radius 2 is 2.04 bits per heavy atom. The topological polar surface area (TPSA) is 54.9 Å². The number of rotatable bonds is 3. The molecule has 0 atom stereocenters. The van der Waals surface area contributed by atoms with Gasteiger partial charge < -0.3 is 0 Å². The van der Waals surface area contributed by atoms with Crippen LogP contribution in [0.15, 0.2) is 22.2 Å². The first-order valence-electron chi connectivity index (χ1n) is 6.18. The normalized spacial score (nSPS) is 11.7. The molecule has 3 rings (SSSR count). The highest BCUT2D eigenvalue weighted by Gasteiger charge is 2.34. The van der Waals surface area contributed by atoms with Gasteiger partial charge in [-0.1, -0.05) is 0 Å². The number of aromatic nitrogens is 2. The Morgan fingerprint density at radius 3 is 2.65 bits per heavy atom. The number of hydrogen-bond donors (Lipinski definition) is 1. The Balaban J connectivity index is 1.80. The summed E-state index contributed by atoms with van der Waals surface area (Å²) in [5, 5.41) is 7.68. The van der Waals surface area contributed by atoms with Crippen LogP contribution in [0.5, 0.6) is 0 Å². The summed E-state index contributed by atoms with van der Waals surface area (Å²) in [7, 11) is 0. The van der Waals surface area contributed by atoms with Crippen LogP contribution in [0, 0.1) is 6.92 Å². The lowest BCUT2D eigenvalue weighted by molar-refractivity contribution is -0.140. The van der Waals surface area contributed by atoms with E-state index in [4.69, 9.17) is 0 Å². The maximum Gasteiger partial charge on any atom is 0.434 e. The van der Waals surface area contributed by atoms with Gasteiger partial charge in [-0.15, -0.1) is 22.7 Å². The van der Waals surface area contributed by atoms with Crippen molar-refractivity contribution in [1.29, 1.82) is 0 Å². The minimum Gasteiger partial charge on any atom is -0.297 e. The molecule has 0 fully saturated rings. The molecule has 3 heterocycles. The van der Waals surface area contributed by atoms with Crippen LogP contribution >= 0.6 is 34.0 Å². The standard InChI is InChI=1S/C13H8F3N3OS3/c1-6-9(23-11(17-6)7-2-3-21-4-7)10(20)19-12-18-8(5-22-12)13(14,15)16/h2-5H,1H3,(H,18,19,20). The molecule has 0 aliphatic carbocycles. The summed E-state index contributed by atoms with van der Waals surface area (Å²) in [5.74, 6) is -0.510. The third-order valence-corrected chi connectivity index (χ3v) is 5.43. The first-order valence-corrected chi connectivity index (χ1v) is 8.82. The Morgan fingerprint density at radius 1 is 1.26 bits per heavy atom. The Hall–Kier alpha value is -1.78. The molecular formula is C13H8F3N3OS3. The van der Waals surface area contributed by atoms with E-state index < -0.39 is 17.8 Å². The van der Waals surface area contributed by atoms with E-state index in [1.54, 1.807) is 6.92 Å². The van der Waals surface area contributed by atoms with Crippen molar-refractivity contribution in [3.05, 3.63) is 38.5 Å². The van der Waals surface area contributed by atoms with Gasteiger partial charge in [-0.3, -0.25) is 10.1 Å². The number of nitrogens with zero attached hydrogens (tertiary/aromatic N) is 2. The van der Waals surface area contributed by atoms with Gasteiger partial charge in [0.1, 0.15) is 9.88 Å². The molecule has 1 amide bonds. The highest BCUT2D eigenvalue weighted by atomic mass is 32.1. The van der Waals surface area contributed by atoms with Gasteiger partial charge in [0.05, 0.1) is 5.69 Å². The summed E-state index contributed by atoms with van der Waals surface area (Å²) < 4.78 is 37.5. The second-order valence-electron chi connectivity index (χ2n) is 4.44. The molecule has 0 saturated heterocycles. The highest BCUT2D eigenvalue weighted by molar-refractivity contribution is 7.18. The van der Waals surface area contributed by atoms with Crippen molar-refractivity contribution < 1.29 is 18.0 Å². The second-order valence-corrected chi connectivity index (χ2v) is 7.07. The first-order chi connectivity index (χ1) is 10.8. The molecule has 3 aromatic heterocycles. The third-order valence-electron chi connectivity index (χ3n) is 2.79. The zero-order valence-electron chi connectivity index (χ0n) is 11.5. The smallest absolute Gasteiger partial charge is 0.297 e. The summed E-state index contributed by atoms with van der Waals surface area (Å²) in [5.41, 5.74) is 0.426. The number of thiophene rings is 1. The molecule has 1 N–H and O–H groups in total. The first kappa shape index (κ1) is 16.1. The minimum absolute atomic E-state index is 0.0905. The van der Waals surface area contributed by atoms with E-state index in [0.29, 0.717) is 15.6 Å². The van der Waals surface area contributed by atoms with Crippen LogP contribution in [-0.4, -0.2) is 15.9 Å². The second kappa shape index (κ2) is 6.02. The van der Waals surface area contributed by atoms with Crippen molar-refractivity contribution in [2.45, 2.75) is 13.1 Å². The van der Waals surface area contributed by atoms with Crippen LogP contribution in [-0.2, 0) is 6.18 Å². The minimum atomic E-state index is -4.52. The van der Waals surface area contributed by atoms with Crippen LogP contribution in [0.25, 0.3) is 10.6 Å². The molecule has 0 bridgehead atoms. The Labute approximate surface area is 140 Å². The predicted octanol–water partition coefficient (Wildman–Crippen LogP) is 4.91. The lowest BCUT2D eigenvalue weighted by Gasteiger charge is -2.01. The summed E-state index contributed by atoms with van der Waals surface area (Å²) in [6, 6.07) is 1.89. The quantitative estimate of drug-likeness (QED) is 0.708. The van der Waals surface area contributed by atoms with E-state index in [2.05, 4.69) is 15.3 Å². The average molecular weight is 375 g/mol. The fourth-order valence-electron chi connectivity index (χ4n) is 1.73. The van der Waals surface area contributed by atoms with Crippen molar-refractivity contribution in [2.24, 2.45) is 0 Å². The number of halogens is 3. The van der Waals surface area contributed by atoms with Crippen LogP contribution in [0.2, 0.25) is 0 Å². The fourth-order valence-corrected chi connectivity index (χ4v) is 4.12. The molecule has 0 aliphatic heterocycles. The van der Waals surface area contributed by atoms with Gasteiger partial charge in [-0.05, 0) is 18.4 Å². The Bertz CT molecular complexity index is 836. The number of anilines is 1. The number of amides is 1. The lowest BCUT2D eigenvalue weighted by atomic mass is 10.3. The van der Waals surface area contributed by atoms with Gasteiger partial charge in [0, 0.05) is 16.3 Å². The molecular weight excluding hydrogens is 367 g/mol. The van der Waals surface area contributed by atoms with E-state index in [1.807, 2.05) is 16.8 Å². The molecule has 3 aromatic rings. The predicted molar refractivity (Wildman–Crippen MR) is 85.2 cm³/mol. The zero-order chi connectivity index (χ0) is 16.6. The molecule has 0 aromatic carbocycles. The average Bonchev–Trinajstić information content (AvgIpc) is 3.15. The van der Waals surface area contributed by atoms with Gasteiger partial charge in [0.25, 0.3) is 5.91 Å². The van der Waals surface area contributed by atoms with Crippen LogP contribution in [0.1, 0.15) is 21.1 Å². The monoisotopic (exact) mass is 375 g/mol. The fraction of sp³-hybridized carbons (Fsp3) is 0.154. The lowest BCUT2D eigenvalue weighted by Crippen LogP contribution is -2.12. The van der Waals surface area contributed by atoms with E-state index in [0.717, 1.165) is 22.3 Å². The van der Waals surface area contributed by atoms with Gasteiger partial charge in [0.15, 0.2) is 10.8 Å². The van der Waals surface area contributed by atoms with E-state index >= 15 is 0 Å².